The molecule has 6 rings (SSSR count). The summed E-state index contributed by atoms with van der Waals surface area (Å²) < 4.78 is 26.3. The Labute approximate surface area is 483 Å². The summed E-state index contributed by atoms with van der Waals surface area (Å²) in [5.41, 5.74) is 8.41. The number of benzene rings is 3. The maximum absolute atomic E-state index is 12.5. The summed E-state index contributed by atoms with van der Waals surface area (Å²) in [5, 5.41) is 67.4. The van der Waals surface area contributed by atoms with Crippen molar-refractivity contribution >= 4 is 53.2 Å². The highest BCUT2D eigenvalue weighted by Crippen LogP contribution is 2.35. The first-order valence-corrected chi connectivity index (χ1v) is 27.9. The van der Waals surface area contributed by atoms with Crippen molar-refractivity contribution in [3.63, 3.8) is 0 Å². The number of carboxylic acids is 1. The minimum absolute atomic E-state index is 0.142. The Balaban J connectivity index is 0.000000555. The van der Waals surface area contributed by atoms with E-state index in [-0.39, 0.29) is 80.8 Å². The summed E-state index contributed by atoms with van der Waals surface area (Å²) in [7, 11) is -1.00. The Morgan fingerprint density at radius 2 is 0.863 bits per heavy atom. The Morgan fingerprint density at radius 3 is 1.14 bits per heavy atom. The molecule has 3 aromatic carbocycles. The van der Waals surface area contributed by atoms with Crippen LogP contribution >= 0.6 is 23.2 Å². The molecule has 0 atom stereocenters. The van der Waals surface area contributed by atoms with Crippen molar-refractivity contribution in [2.75, 3.05) is 78.3 Å². The molecule has 19 nitrogen and oxygen atoms in total. The van der Waals surface area contributed by atoms with Crippen LogP contribution in [-0.2, 0) is 9.47 Å². The number of aliphatic hydroxyl groups excluding tert-OH is 6. The van der Waals surface area contributed by atoms with Crippen LogP contribution in [0.5, 0.6) is 0 Å². The molecular formula is C58H90Cl2FN5O14. The maximum atomic E-state index is 12.5. The largest absolute Gasteiger partial charge is 0.478 e. The molecule has 80 heavy (non-hydrogen) atoms. The Hall–Kier alpha value is -5.16. The van der Waals surface area contributed by atoms with Crippen molar-refractivity contribution in [2.45, 2.75) is 146 Å². The van der Waals surface area contributed by atoms with Crippen molar-refractivity contribution in [3.8, 4) is 0 Å². The predicted molar refractivity (Wildman–Crippen MR) is 308 cm³/mol. The third-order valence-electron chi connectivity index (χ3n) is 12.8. The van der Waals surface area contributed by atoms with Crippen LogP contribution in [0.15, 0.2) is 72.8 Å². The molecule has 0 radical (unpaired) electrons. The van der Waals surface area contributed by atoms with Gasteiger partial charge >= 0.3 is 18.2 Å². The van der Waals surface area contributed by atoms with Crippen LogP contribution in [0.3, 0.4) is 0 Å². The number of aromatic carboxylic acids is 1. The molecule has 0 aromatic heterocycles. The number of nitrogens with zero attached hydrogens (tertiary/aromatic N) is 2. The molecule has 2 saturated heterocycles. The number of ether oxygens (including phenoxy) is 2. The highest BCUT2D eigenvalue weighted by atomic mass is 35.5. The molecule has 0 unspecified atom stereocenters. The van der Waals surface area contributed by atoms with Crippen LogP contribution in [-0.4, -0.2) is 183 Å². The lowest BCUT2D eigenvalue weighted by Crippen LogP contribution is -2.42. The number of halogens is 3. The van der Waals surface area contributed by atoms with E-state index < -0.39 is 42.5 Å². The molecular weight excluding hydrogens is 1080 g/mol. The zero-order valence-electron chi connectivity index (χ0n) is 48.3. The summed E-state index contributed by atoms with van der Waals surface area (Å²) >= 11 is 9.53. The van der Waals surface area contributed by atoms with Crippen LogP contribution in [0, 0.1) is 0 Å². The van der Waals surface area contributed by atoms with Crippen LogP contribution in [0.1, 0.15) is 166 Å². The Morgan fingerprint density at radius 1 is 0.575 bits per heavy atom. The first-order chi connectivity index (χ1) is 38.4. The molecule has 4 amide bonds. The zero-order chi connectivity index (χ0) is 61.1. The number of aliphatic hydroxyl groups is 6. The van der Waals surface area contributed by atoms with E-state index in [9.17, 15) is 43.7 Å². The van der Waals surface area contributed by atoms with Gasteiger partial charge in [-0.25, -0.2) is 14.4 Å². The molecule has 2 aliphatic heterocycles. The zero-order valence-corrected chi connectivity index (χ0v) is 48.8. The molecule has 0 bridgehead atoms. The molecule has 3 aliphatic rings. The van der Waals surface area contributed by atoms with Crippen molar-refractivity contribution < 1.29 is 75.0 Å². The van der Waals surface area contributed by atoms with Gasteiger partial charge < -0.3 is 71.4 Å². The number of carbonyl (C=O) groups is 5. The minimum Gasteiger partial charge on any atom is -0.478 e. The van der Waals surface area contributed by atoms with Gasteiger partial charge in [-0.15, -0.1) is 23.2 Å². The Kier molecular flexibility index (Phi) is 34.9. The van der Waals surface area contributed by atoms with Gasteiger partial charge in [-0.05, 0) is 133 Å². The van der Waals surface area contributed by atoms with Crippen molar-refractivity contribution in [1.29, 1.82) is 0 Å². The fraction of sp³-hybridized carbons (Fsp3) is 0.603. The number of nitrogens with two attached hydrogens (primary N) is 1. The number of hydrogen-bond donors (Lipinski definition) is 10. The molecule has 3 fully saturated rings. The monoisotopic (exact) mass is 1170 g/mol. The van der Waals surface area contributed by atoms with Crippen molar-refractivity contribution in [2.24, 2.45) is 5.73 Å². The average molecular weight is 1170 g/mol. The number of rotatable bonds is 14. The Bertz CT molecular complexity index is 2260. The number of alkyl halides is 3. The second-order valence-corrected chi connectivity index (χ2v) is 22.0. The quantitative estimate of drug-likeness (QED) is 0.0699. The second kappa shape index (κ2) is 39.3. The van der Waals surface area contributed by atoms with Gasteiger partial charge in [-0.1, -0.05) is 73.9 Å². The summed E-state index contributed by atoms with van der Waals surface area (Å²) in [6.07, 6.45) is 8.38. The van der Waals surface area contributed by atoms with Crippen molar-refractivity contribution in [3.05, 3.63) is 106 Å². The predicted octanol–water partition coefficient (Wildman–Crippen LogP) is 7.51. The first-order valence-electron chi connectivity index (χ1n) is 27.6. The maximum Gasteiger partial charge on any atom is 0.410 e. The van der Waals surface area contributed by atoms with Gasteiger partial charge in [-0.2, -0.15) is 0 Å². The van der Waals surface area contributed by atoms with E-state index >= 15 is 0 Å². The van der Waals surface area contributed by atoms with Crippen LogP contribution in [0.25, 0.3) is 0 Å². The fourth-order valence-corrected chi connectivity index (χ4v) is 8.86. The van der Waals surface area contributed by atoms with Crippen LogP contribution in [0.4, 0.5) is 14.0 Å². The SMILES string of the molecule is CC(C)(C)OC(=O)N1CCC(c2ccccc2C(=O)NC(CO)CO)CC1.CC(C)(C)OC(=O)N1CCC(c2ccccc2C(=O)O)CC1.ClCCl.NC(CO)CO.O=C(NC(CO)CO)c1ccccc1C1CCCCC1.[2H]CF. The lowest BCUT2D eigenvalue weighted by atomic mass is 9.82. The van der Waals surface area contributed by atoms with E-state index in [0.717, 1.165) is 55.2 Å². The van der Waals surface area contributed by atoms with Crippen LogP contribution < -0.4 is 16.4 Å². The molecule has 2 heterocycles. The van der Waals surface area contributed by atoms with Crippen molar-refractivity contribution in [1.82, 2.24) is 20.4 Å². The van der Waals surface area contributed by atoms with E-state index in [1.165, 1.54) is 19.3 Å². The molecule has 452 valence electrons. The van der Waals surface area contributed by atoms with Gasteiger partial charge in [0.25, 0.3) is 11.8 Å². The summed E-state index contributed by atoms with van der Waals surface area (Å²) in [6.45, 7) is 12.0. The van der Waals surface area contributed by atoms with Gasteiger partial charge in [0.1, 0.15) is 11.2 Å². The second-order valence-electron chi connectivity index (χ2n) is 21.2. The van der Waals surface area contributed by atoms with E-state index in [0.29, 0.717) is 48.8 Å². The minimum atomic E-state index is -1.00. The molecule has 1 aliphatic carbocycles. The van der Waals surface area contributed by atoms with E-state index in [2.05, 4.69) is 10.6 Å². The third-order valence-corrected chi connectivity index (χ3v) is 12.8. The third kappa shape index (κ3) is 27.1. The highest BCUT2D eigenvalue weighted by Gasteiger charge is 2.31. The number of carbonyl (C=O) groups excluding carboxylic acids is 4. The number of carboxylic acid groups (broad SMARTS) is 1. The standard InChI is InChI=1S/C20H30N2O5.C17H23NO4.C16H23NO3.C3H9NO2.CH2Cl2.CH3F/c1-20(2,3)27-19(26)22-10-8-14(9-11-22)16-6-4-5-7-17(16)18(25)21-15(12-23)13-24;1-17(2,3)22-16(21)18-10-8-12(9-11-18)13-6-4-5-7-14(13)15(19)20;18-10-13(11-19)17-16(20)15-9-5-4-8-14(15)12-6-2-1-3-7-12;4-3(1-5)2-6;2-1-3;1-2/h4-7,14-15,23-24H,8-13H2,1-3H3,(H,21,25);4-7,12H,8-11H2,1-3H3,(H,19,20);4-5,8-9,12-13,18-19H,1-3,6-7,10-11H2,(H,17,20);3,5-6H,1-2,4H2;1H2;1H3/i;;;;;1D. The fourth-order valence-electron chi connectivity index (χ4n) is 8.86. The van der Waals surface area contributed by atoms with Gasteiger partial charge in [0, 0.05) is 37.3 Å². The summed E-state index contributed by atoms with van der Waals surface area (Å²) in [4.78, 5) is 63.8. The molecule has 22 heteroatoms. The smallest absolute Gasteiger partial charge is 0.410 e. The van der Waals surface area contributed by atoms with Gasteiger partial charge in [0.15, 0.2) is 0 Å². The number of hydrogen-bond acceptors (Lipinski definition) is 14. The van der Waals surface area contributed by atoms with Crippen LogP contribution in [0.2, 0.25) is 0 Å². The molecule has 1 saturated carbocycles. The summed E-state index contributed by atoms with van der Waals surface area (Å²) in [5.74, 6) is -0.636. The van der Waals surface area contributed by atoms with Gasteiger partial charge in [-0.3, -0.25) is 14.0 Å². The van der Waals surface area contributed by atoms with E-state index in [1.54, 1.807) is 34.1 Å². The number of piperidine rings is 2. The van der Waals surface area contributed by atoms with E-state index in [4.69, 9.17) is 60.2 Å². The highest BCUT2D eigenvalue weighted by molar-refractivity contribution is 6.40. The average Bonchev–Trinajstić information content (AvgIpc) is 3.46. The lowest BCUT2D eigenvalue weighted by Gasteiger charge is -2.34. The lowest BCUT2D eigenvalue weighted by molar-refractivity contribution is 0.0194. The van der Waals surface area contributed by atoms with Gasteiger partial charge in [0.05, 0.1) is 77.2 Å². The molecule has 0 spiro atoms. The number of amides is 4. The number of nitrogens with one attached hydrogen (secondary N) is 2. The molecule has 11 N–H and O–H groups in total. The number of likely N-dealkylation sites (tertiary alicyclic amines) is 2. The normalized spacial score (nSPS) is 15.1. The van der Waals surface area contributed by atoms with Gasteiger partial charge in [0.2, 0.25) is 0 Å². The summed E-state index contributed by atoms with van der Waals surface area (Å²) in [6, 6.07) is 20.4. The first kappa shape index (κ1) is 70.9. The topological polar surface area (TPSA) is 302 Å². The van der Waals surface area contributed by atoms with E-state index in [1.807, 2.05) is 90.1 Å². The molecule has 3 aromatic rings.